The fourth-order valence-electron chi connectivity index (χ4n) is 8.42. The molecule has 0 fully saturated rings. The van der Waals surface area contributed by atoms with Gasteiger partial charge >= 0.3 is 0 Å². The number of rotatable bonds is 4. The minimum Gasteiger partial charge on any atom is -0.456 e. The van der Waals surface area contributed by atoms with E-state index in [1.54, 1.807) is 0 Å². The average Bonchev–Trinajstić information content (AvgIpc) is 3.81. The first kappa shape index (κ1) is 29.8. The summed E-state index contributed by atoms with van der Waals surface area (Å²) in [6.07, 6.45) is 0. The van der Waals surface area contributed by atoms with Crippen molar-refractivity contribution in [1.82, 2.24) is 19.5 Å². The summed E-state index contributed by atoms with van der Waals surface area (Å²) in [5, 5.41) is 4.48. The summed E-state index contributed by atoms with van der Waals surface area (Å²) in [6.45, 7) is 4.68. The molecule has 0 N–H and O–H groups in total. The minimum atomic E-state index is -0.0886. The van der Waals surface area contributed by atoms with Gasteiger partial charge < -0.3 is 8.98 Å². The number of nitrogens with zero attached hydrogens (tertiary/aromatic N) is 4. The number of furan rings is 1. The molecule has 0 amide bonds. The molecule has 0 unspecified atom stereocenters. The van der Waals surface area contributed by atoms with Gasteiger partial charge in [0.25, 0.3) is 0 Å². The molecule has 0 spiro atoms. The lowest BCUT2D eigenvalue weighted by Gasteiger charge is -2.22. The summed E-state index contributed by atoms with van der Waals surface area (Å²) in [6, 6.07) is 55.4. The molecular formula is C48H32N4O. The fourth-order valence-corrected chi connectivity index (χ4v) is 8.42. The van der Waals surface area contributed by atoms with Crippen LogP contribution in [0.4, 0.5) is 0 Å². The molecule has 11 rings (SSSR count). The highest BCUT2D eigenvalue weighted by atomic mass is 16.3. The van der Waals surface area contributed by atoms with Crippen molar-refractivity contribution in [3.63, 3.8) is 0 Å². The van der Waals surface area contributed by atoms with Gasteiger partial charge in [-0.1, -0.05) is 129 Å². The summed E-state index contributed by atoms with van der Waals surface area (Å²) < 4.78 is 9.07. The van der Waals surface area contributed by atoms with Gasteiger partial charge in [0, 0.05) is 49.3 Å². The maximum Gasteiger partial charge on any atom is 0.164 e. The second-order valence-corrected chi connectivity index (χ2v) is 14.5. The third kappa shape index (κ3) is 4.47. The van der Waals surface area contributed by atoms with Gasteiger partial charge in [-0.05, 0) is 64.7 Å². The normalized spacial score (nSPS) is 13.2. The number of fused-ring (bicyclic) bond motifs is 9. The highest BCUT2D eigenvalue weighted by Crippen LogP contribution is 2.49. The maximum atomic E-state index is 6.66. The Balaban J connectivity index is 1.09. The lowest BCUT2D eigenvalue weighted by atomic mass is 9.82. The van der Waals surface area contributed by atoms with Gasteiger partial charge in [-0.25, -0.2) is 15.0 Å². The Kier molecular flexibility index (Phi) is 6.23. The lowest BCUT2D eigenvalue weighted by Crippen LogP contribution is -2.15. The first-order valence-electron chi connectivity index (χ1n) is 18.0. The summed E-state index contributed by atoms with van der Waals surface area (Å²) >= 11 is 0. The zero-order chi connectivity index (χ0) is 35.3. The molecule has 10 aromatic rings. The van der Waals surface area contributed by atoms with E-state index in [2.05, 4.69) is 115 Å². The third-order valence-electron chi connectivity index (χ3n) is 11.0. The Bertz CT molecular complexity index is 3020. The molecule has 53 heavy (non-hydrogen) atoms. The van der Waals surface area contributed by atoms with Crippen LogP contribution in [-0.4, -0.2) is 19.5 Å². The third-order valence-corrected chi connectivity index (χ3v) is 11.0. The molecule has 0 saturated carbocycles. The van der Waals surface area contributed by atoms with E-state index < -0.39 is 0 Å². The molecular weight excluding hydrogens is 649 g/mol. The van der Waals surface area contributed by atoms with E-state index in [1.165, 1.54) is 33.2 Å². The van der Waals surface area contributed by atoms with Crippen molar-refractivity contribution in [3.8, 4) is 51.0 Å². The highest BCUT2D eigenvalue weighted by Gasteiger charge is 2.35. The predicted octanol–water partition coefficient (Wildman–Crippen LogP) is 12.2. The molecule has 0 radical (unpaired) electrons. The van der Waals surface area contributed by atoms with Crippen molar-refractivity contribution in [2.45, 2.75) is 19.3 Å². The molecule has 0 atom stereocenters. The van der Waals surface area contributed by atoms with E-state index in [0.29, 0.717) is 17.5 Å². The SMILES string of the molecule is CC1(C)c2ccccc2-c2ccc(-n3c4ccccc4c4cc5oc6cc(-c7nc(-c8ccccc8)nc(-c8ccccc8)n7)ccc6c5cc43)cc21. The van der Waals surface area contributed by atoms with Crippen LogP contribution in [0.5, 0.6) is 0 Å². The number of hydrogen-bond donors (Lipinski definition) is 0. The second kappa shape index (κ2) is 11.1. The van der Waals surface area contributed by atoms with Crippen LogP contribution < -0.4 is 0 Å². The van der Waals surface area contributed by atoms with E-state index in [9.17, 15) is 0 Å². The molecule has 3 heterocycles. The van der Waals surface area contributed by atoms with Crippen LogP contribution in [0, 0.1) is 0 Å². The largest absolute Gasteiger partial charge is 0.456 e. The molecule has 3 aromatic heterocycles. The van der Waals surface area contributed by atoms with Crippen molar-refractivity contribution >= 4 is 43.7 Å². The Hall–Kier alpha value is -6.85. The van der Waals surface area contributed by atoms with Gasteiger partial charge in [0.15, 0.2) is 17.5 Å². The van der Waals surface area contributed by atoms with Crippen LogP contribution >= 0.6 is 0 Å². The van der Waals surface area contributed by atoms with Crippen LogP contribution in [0.15, 0.2) is 162 Å². The van der Waals surface area contributed by atoms with Crippen molar-refractivity contribution in [2.75, 3.05) is 0 Å². The van der Waals surface area contributed by atoms with Gasteiger partial charge in [0.2, 0.25) is 0 Å². The first-order chi connectivity index (χ1) is 26.0. The van der Waals surface area contributed by atoms with E-state index in [1.807, 2.05) is 60.7 Å². The van der Waals surface area contributed by atoms with Gasteiger partial charge in [0.05, 0.1) is 11.0 Å². The first-order valence-corrected chi connectivity index (χ1v) is 18.0. The van der Waals surface area contributed by atoms with Crippen LogP contribution in [0.25, 0.3) is 94.7 Å². The highest BCUT2D eigenvalue weighted by molar-refractivity contribution is 6.17. The Labute approximate surface area is 305 Å². The molecule has 1 aliphatic rings. The van der Waals surface area contributed by atoms with Crippen molar-refractivity contribution in [2.24, 2.45) is 0 Å². The van der Waals surface area contributed by atoms with Crippen molar-refractivity contribution in [3.05, 3.63) is 169 Å². The topological polar surface area (TPSA) is 56.7 Å². The van der Waals surface area contributed by atoms with E-state index >= 15 is 0 Å². The molecule has 7 aromatic carbocycles. The molecule has 0 saturated heterocycles. The van der Waals surface area contributed by atoms with Gasteiger partial charge in [-0.2, -0.15) is 0 Å². The van der Waals surface area contributed by atoms with Crippen molar-refractivity contribution in [1.29, 1.82) is 0 Å². The predicted molar refractivity (Wildman–Crippen MR) is 215 cm³/mol. The standard InChI is InChI=1S/C48H32N4O/c1-48(2)39-19-11-9-17-33(39)34-24-22-32(26-40(34)48)52-41-20-12-10-18-35(41)37-28-44-38(27-42(37)52)36-23-21-31(25-43(36)53-44)47-50-45(29-13-5-3-6-14-29)49-46(51-47)30-15-7-4-8-16-30/h3-28H,1-2H3. The van der Waals surface area contributed by atoms with Crippen LogP contribution in [-0.2, 0) is 5.41 Å². The zero-order valence-electron chi connectivity index (χ0n) is 29.2. The number of hydrogen-bond acceptors (Lipinski definition) is 4. The number of benzene rings is 7. The van der Waals surface area contributed by atoms with Crippen LogP contribution in [0.1, 0.15) is 25.0 Å². The van der Waals surface area contributed by atoms with E-state index in [-0.39, 0.29) is 5.41 Å². The quantitative estimate of drug-likeness (QED) is 0.186. The molecule has 5 nitrogen and oxygen atoms in total. The summed E-state index contributed by atoms with van der Waals surface area (Å²) in [7, 11) is 0. The summed E-state index contributed by atoms with van der Waals surface area (Å²) in [4.78, 5) is 14.8. The van der Waals surface area contributed by atoms with E-state index in [0.717, 1.165) is 55.2 Å². The second-order valence-electron chi connectivity index (χ2n) is 14.5. The average molecular weight is 681 g/mol. The maximum absolute atomic E-state index is 6.66. The summed E-state index contributed by atoms with van der Waals surface area (Å²) in [5.41, 5.74) is 13.2. The zero-order valence-corrected chi connectivity index (χ0v) is 29.2. The molecule has 0 bridgehead atoms. The molecule has 250 valence electrons. The Morgan fingerprint density at radius 1 is 0.434 bits per heavy atom. The molecule has 5 heteroatoms. The van der Waals surface area contributed by atoms with Crippen LogP contribution in [0.3, 0.4) is 0 Å². The minimum absolute atomic E-state index is 0.0886. The number of para-hydroxylation sites is 1. The smallest absolute Gasteiger partial charge is 0.164 e. The monoisotopic (exact) mass is 680 g/mol. The Morgan fingerprint density at radius 2 is 1.06 bits per heavy atom. The molecule has 1 aliphatic carbocycles. The lowest BCUT2D eigenvalue weighted by molar-refractivity contribution is 0.660. The van der Waals surface area contributed by atoms with Gasteiger partial charge in [-0.15, -0.1) is 0 Å². The van der Waals surface area contributed by atoms with Gasteiger partial charge in [0.1, 0.15) is 11.2 Å². The van der Waals surface area contributed by atoms with Crippen LogP contribution in [0.2, 0.25) is 0 Å². The Morgan fingerprint density at radius 3 is 1.81 bits per heavy atom. The fraction of sp³-hybridized carbons (Fsp3) is 0.0625. The number of aromatic nitrogens is 4. The summed E-state index contributed by atoms with van der Waals surface area (Å²) in [5.74, 6) is 1.87. The van der Waals surface area contributed by atoms with Crippen molar-refractivity contribution < 1.29 is 4.42 Å². The van der Waals surface area contributed by atoms with E-state index in [4.69, 9.17) is 19.4 Å². The van der Waals surface area contributed by atoms with Gasteiger partial charge in [-0.3, -0.25) is 0 Å². The molecule has 0 aliphatic heterocycles.